The lowest BCUT2D eigenvalue weighted by Crippen LogP contribution is -2.50. The second-order valence-corrected chi connectivity index (χ2v) is 3.49. The molecule has 74 valence electrons. The van der Waals surface area contributed by atoms with Crippen molar-refractivity contribution in [2.24, 2.45) is 0 Å². The minimum absolute atomic E-state index is 1.09. The number of rotatable bonds is 0. The van der Waals surface area contributed by atoms with Crippen molar-refractivity contribution in [1.82, 2.24) is 20.0 Å². The maximum atomic E-state index is 2.75. The zero-order chi connectivity index (χ0) is 9.56. The van der Waals surface area contributed by atoms with Gasteiger partial charge in [-0.05, 0) is 35.2 Å². The molecule has 1 rings (SSSR count). The molecular formula is C8H22N4. The quantitative estimate of drug-likeness (QED) is 0.534. The molecule has 1 N–H and O–H groups in total. The lowest BCUT2D eigenvalue weighted by atomic mass is 10.6. The van der Waals surface area contributed by atoms with Gasteiger partial charge in [-0.1, -0.05) is 0 Å². The predicted octanol–water partition coefficient (Wildman–Crippen LogP) is -0.496. The van der Waals surface area contributed by atoms with Gasteiger partial charge < -0.3 is 5.32 Å². The molecule has 1 aliphatic heterocycles. The van der Waals surface area contributed by atoms with E-state index in [1.807, 2.05) is 14.1 Å². The van der Waals surface area contributed by atoms with E-state index < -0.39 is 0 Å². The van der Waals surface area contributed by atoms with Gasteiger partial charge in [0.1, 0.15) is 0 Å². The van der Waals surface area contributed by atoms with Crippen LogP contribution in [0.3, 0.4) is 0 Å². The Balaban J connectivity index is 0.000000354. The van der Waals surface area contributed by atoms with Crippen molar-refractivity contribution in [2.75, 3.05) is 55.2 Å². The van der Waals surface area contributed by atoms with Gasteiger partial charge in [-0.25, -0.2) is 0 Å². The highest BCUT2D eigenvalue weighted by Gasteiger charge is 2.13. The van der Waals surface area contributed by atoms with Gasteiger partial charge in [0.05, 0.1) is 20.0 Å². The maximum absolute atomic E-state index is 2.75. The first-order valence-electron chi connectivity index (χ1n) is 4.24. The van der Waals surface area contributed by atoms with Gasteiger partial charge in [-0.3, -0.25) is 14.7 Å². The molecule has 0 radical (unpaired) electrons. The van der Waals surface area contributed by atoms with Crippen molar-refractivity contribution in [3.8, 4) is 0 Å². The first kappa shape index (κ1) is 11.8. The van der Waals surface area contributed by atoms with E-state index in [-0.39, 0.29) is 0 Å². The average molecular weight is 174 g/mol. The summed E-state index contributed by atoms with van der Waals surface area (Å²) in [6.07, 6.45) is 0. The summed E-state index contributed by atoms with van der Waals surface area (Å²) in [5.41, 5.74) is 0. The number of nitrogens with zero attached hydrogens (tertiary/aromatic N) is 3. The van der Waals surface area contributed by atoms with E-state index in [1.54, 1.807) is 0 Å². The van der Waals surface area contributed by atoms with Crippen LogP contribution in [0.2, 0.25) is 0 Å². The molecule has 0 atom stereocenters. The van der Waals surface area contributed by atoms with E-state index in [1.165, 1.54) is 0 Å². The molecule has 0 amide bonds. The number of nitrogens with one attached hydrogen (secondary N) is 1. The van der Waals surface area contributed by atoms with Crippen molar-refractivity contribution >= 4 is 0 Å². The third-order valence-corrected chi connectivity index (χ3v) is 1.45. The zero-order valence-electron chi connectivity index (χ0n) is 8.96. The van der Waals surface area contributed by atoms with Crippen LogP contribution < -0.4 is 5.32 Å². The molecule has 1 fully saturated rings. The van der Waals surface area contributed by atoms with Gasteiger partial charge in [-0.15, -0.1) is 0 Å². The Morgan fingerprint density at radius 2 is 0.917 bits per heavy atom. The number of hydrogen-bond donors (Lipinski definition) is 1. The van der Waals surface area contributed by atoms with Crippen LogP contribution in [0, 0.1) is 0 Å². The predicted molar refractivity (Wildman–Crippen MR) is 52.9 cm³/mol. The molecule has 0 aromatic rings. The van der Waals surface area contributed by atoms with E-state index >= 15 is 0 Å². The first-order valence-corrected chi connectivity index (χ1v) is 4.24. The third-order valence-electron chi connectivity index (χ3n) is 1.45. The van der Waals surface area contributed by atoms with Crippen LogP contribution in [0.15, 0.2) is 0 Å². The van der Waals surface area contributed by atoms with Crippen molar-refractivity contribution in [3.63, 3.8) is 0 Å². The smallest absolute Gasteiger partial charge is 0.0523 e. The normalized spacial score (nSPS) is 21.8. The maximum Gasteiger partial charge on any atom is 0.0523 e. The highest BCUT2D eigenvalue weighted by atomic mass is 15.5. The first-order chi connectivity index (χ1) is 5.60. The number of hydrogen-bond acceptors (Lipinski definition) is 4. The summed E-state index contributed by atoms with van der Waals surface area (Å²) >= 11 is 0. The van der Waals surface area contributed by atoms with Crippen LogP contribution >= 0.6 is 0 Å². The van der Waals surface area contributed by atoms with E-state index in [9.17, 15) is 0 Å². The summed E-state index contributed by atoms with van der Waals surface area (Å²) in [4.78, 5) is 6.84. The highest BCUT2D eigenvalue weighted by molar-refractivity contribution is 4.58. The minimum atomic E-state index is 1.09. The molecule has 12 heavy (non-hydrogen) atoms. The van der Waals surface area contributed by atoms with Gasteiger partial charge in [0.15, 0.2) is 0 Å². The molecule has 0 spiro atoms. The molecule has 0 aromatic heterocycles. The molecule has 4 heteroatoms. The van der Waals surface area contributed by atoms with Crippen molar-refractivity contribution in [2.45, 2.75) is 0 Å². The summed E-state index contributed by atoms with van der Waals surface area (Å²) in [5.74, 6) is 0. The molecule has 0 aromatic carbocycles. The van der Waals surface area contributed by atoms with Crippen LogP contribution in [-0.4, -0.2) is 69.9 Å². The Kier molecular flexibility index (Phi) is 6.28. The van der Waals surface area contributed by atoms with Gasteiger partial charge in [0, 0.05) is 0 Å². The van der Waals surface area contributed by atoms with Crippen LogP contribution in [0.25, 0.3) is 0 Å². The minimum Gasteiger partial charge on any atom is -0.323 e. The van der Waals surface area contributed by atoms with E-state index in [4.69, 9.17) is 0 Å². The van der Waals surface area contributed by atoms with Gasteiger partial charge in [0.2, 0.25) is 0 Å². The second kappa shape index (κ2) is 6.37. The van der Waals surface area contributed by atoms with Gasteiger partial charge >= 0.3 is 0 Å². The highest BCUT2D eigenvalue weighted by Crippen LogP contribution is 1.98. The van der Waals surface area contributed by atoms with Gasteiger partial charge in [0.25, 0.3) is 0 Å². The monoisotopic (exact) mass is 174 g/mol. The second-order valence-electron chi connectivity index (χ2n) is 3.49. The lowest BCUT2D eigenvalue weighted by molar-refractivity contribution is 0.0149. The van der Waals surface area contributed by atoms with E-state index in [0.717, 1.165) is 20.0 Å². The molecule has 4 nitrogen and oxygen atoms in total. The average Bonchev–Trinajstić information content (AvgIpc) is 1.84. The Bertz CT molecular complexity index is 82.2. The fourth-order valence-electron chi connectivity index (χ4n) is 1.37. The Morgan fingerprint density at radius 1 is 0.750 bits per heavy atom. The summed E-state index contributed by atoms with van der Waals surface area (Å²) < 4.78 is 0. The summed E-state index contributed by atoms with van der Waals surface area (Å²) in [6.45, 7) is 3.26. The fourth-order valence-corrected chi connectivity index (χ4v) is 1.37. The summed E-state index contributed by atoms with van der Waals surface area (Å²) in [5, 5.41) is 2.75. The van der Waals surface area contributed by atoms with E-state index in [2.05, 4.69) is 41.2 Å². The molecule has 0 bridgehead atoms. The Labute approximate surface area is 76.1 Å². The molecule has 0 aliphatic carbocycles. The van der Waals surface area contributed by atoms with Crippen LogP contribution in [-0.2, 0) is 0 Å². The van der Waals surface area contributed by atoms with Crippen LogP contribution in [0.4, 0.5) is 0 Å². The standard InChI is InChI=1S/C6H15N3.C2H7N/c1-7-4-8(2)6-9(3)5-7;1-3-2/h4-6H2,1-3H3;3H,1-2H3. The van der Waals surface area contributed by atoms with Crippen LogP contribution in [0.1, 0.15) is 0 Å². The molecule has 0 saturated carbocycles. The molecule has 0 unspecified atom stereocenters. The third kappa shape index (κ3) is 5.49. The molecule has 1 heterocycles. The van der Waals surface area contributed by atoms with Crippen LogP contribution in [0.5, 0.6) is 0 Å². The van der Waals surface area contributed by atoms with E-state index in [0.29, 0.717) is 0 Å². The summed E-state index contributed by atoms with van der Waals surface area (Å²) in [6, 6.07) is 0. The Hall–Kier alpha value is -0.160. The van der Waals surface area contributed by atoms with Crippen molar-refractivity contribution in [3.05, 3.63) is 0 Å². The lowest BCUT2D eigenvalue weighted by Gasteiger charge is -2.36. The Morgan fingerprint density at radius 3 is 1.08 bits per heavy atom. The summed E-state index contributed by atoms with van der Waals surface area (Å²) in [7, 11) is 10.1. The van der Waals surface area contributed by atoms with Crippen molar-refractivity contribution in [1.29, 1.82) is 0 Å². The van der Waals surface area contributed by atoms with Gasteiger partial charge in [-0.2, -0.15) is 0 Å². The molecule has 1 saturated heterocycles. The fraction of sp³-hybridized carbons (Fsp3) is 1.00. The topological polar surface area (TPSA) is 21.8 Å². The zero-order valence-corrected chi connectivity index (χ0v) is 8.96. The SMILES string of the molecule is CN1CN(C)CN(C)C1.CNC. The molecule has 1 aliphatic rings. The van der Waals surface area contributed by atoms with Crippen molar-refractivity contribution < 1.29 is 0 Å². The molecular weight excluding hydrogens is 152 g/mol. The largest absolute Gasteiger partial charge is 0.323 e.